The van der Waals surface area contributed by atoms with Crippen LogP contribution in [-0.4, -0.2) is 72.7 Å². The minimum Gasteiger partial charge on any atom is -0.493 e. The van der Waals surface area contributed by atoms with Gasteiger partial charge in [0.15, 0.2) is 17.6 Å². The van der Waals surface area contributed by atoms with Crippen molar-refractivity contribution in [1.29, 1.82) is 0 Å². The summed E-state index contributed by atoms with van der Waals surface area (Å²) in [5, 5.41) is 12.5. The van der Waals surface area contributed by atoms with E-state index in [1.165, 1.54) is 18.4 Å². The number of carbonyl (C=O) groups excluding carboxylic acids is 1. The third kappa shape index (κ3) is 2.19. The number of Topliss-reactive ketones (excluding diaryl/α,β-unsaturated/α-hetero) is 1. The minimum atomic E-state index is -1.02. The van der Waals surface area contributed by atoms with Crippen LogP contribution in [-0.2, 0) is 16.6 Å². The molecule has 160 valence electrons. The van der Waals surface area contributed by atoms with Gasteiger partial charge in [0.1, 0.15) is 0 Å². The fourth-order valence-corrected chi connectivity index (χ4v) is 6.76. The molecule has 1 aromatic carbocycles. The lowest BCUT2D eigenvalue weighted by atomic mass is 9.48. The standard InChI is InChI=1S/C24H30N2O4/c1-25(2)13-16-11-24(28)18-10-15-6-7-17(29-3)21-19(15)23(24,22(30-21)20(16)27)8-9-26(18)12-14-4-5-14/h6-7,13-14,18,22,28H,4-5,8-12H2,1-3H3/t18-,22+,23+,24-/m1/s1. The molecule has 30 heavy (non-hydrogen) atoms. The van der Waals surface area contributed by atoms with Gasteiger partial charge >= 0.3 is 0 Å². The minimum absolute atomic E-state index is 0.00320. The fourth-order valence-electron chi connectivity index (χ4n) is 6.76. The second-order valence-corrected chi connectivity index (χ2v) is 10.1. The molecule has 1 saturated heterocycles. The van der Waals surface area contributed by atoms with Gasteiger partial charge in [0.25, 0.3) is 0 Å². The number of hydrogen-bond donors (Lipinski definition) is 1. The molecule has 6 rings (SSSR count). The van der Waals surface area contributed by atoms with Crippen molar-refractivity contribution in [1.82, 2.24) is 9.80 Å². The van der Waals surface area contributed by atoms with Crippen LogP contribution in [0.25, 0.3) is 0 Å². The predicted molar refractivity (Wildman–Crippen MR) is 112 cm³/mol. The number of ether oxygens (including phenoxy) is 2. The van der Waals surface area contributed by atoms with Crippen molar-refractivity contribution in [3.8, 4) is 11.5 Å². The highest BCUT2D eigenvalue weighted by Crippen LogP contribution is 2.65. The van der Waals surface area contributed by atoms with E-state index in [1.807, 2.05) is 31.3 Å². The largest absolute Gasteiger partial charge is 0.493 e. The van der Waals surface area contributed by atoms with Crippen LogP contribution in [0, 0.1) is 5.92 Å². The molecule has 1 aromatic rings. The van der Waals surface area contributed by atoms with E-state index in [0.717, 1.165) is 37.4 Å². The van der Waals surface area contributed by atoms with Crippen LogP contribution in [0.3, 0.4) is 0 Å². The number of piperidine rings is 1. The first kappa shape index (κ1) is 18.7. The maximum absolute atomic E-state index is 13.6. The summed E-state index contributed by atoms with van der Waals surface area (Å²) in [5.74, 6) is 2.10. The highest BCUT2D eigenvalue weighted by molar-refractivity contribution is 6.03. The molecule has 6 nitrogen and oxygen atoms in total. The van der Waals surface area contributed by atoms with Crippen molar-refractivity contribution in [3.63, 3.8) is 0 Å². The van der Waals surface area contributed by atoms with Crippen molar-refractivity contribution >= 4 is 5.78 Å². The smallest absolute Gasteiger partial charge is 0.201 e. The zero-order chi connectivity index (χ0) is 20.8. The zero-order valence-electron chi connectivity index (χ0n) is 18.0. The van der Waals surface area contributed by atoms with Crippen LogP contribution in [0.15, 0.2) is 23.9 Å². The Morgan fingerprint density at radius 1 is 1.37 bits per heavy atom. The van der Waals surface area contributed by atoms with Gasteiger partial charge in [-0.05, 0) is 49.8 Å². The monoisotopic (exact) mass is 410 g/mol. The topological polar surface area (TPSA) is 62.2 Å². The van der Waals surface area contributed by atoms with Crippen LogP contribution in [0.1, 0.15) is 36.8 Å². The van der Waals surface area contributed by atoms with Gasteiger partial charge < -0.3 is 19.5 Å². The second kappa shape index (κ2) is 6.01. The van der Waals surface area contributed by atoms with Crippen LogP contribution >= 0.6 is 0 Å². The maximum Gasteiger partial charge on any atom is 0.201 e. The van der Waals surface area contributed by atoms with Crippen molar-refractivity contribution in [2.45, 2.75) is 55.3 Å². The second-order valence-electron chi connectivity index (χ2n) is 10.1. The summed E-state index contributed by atoms with van der Waals surface area (Å²) in [4.78, 5) is 18.0. The first-order valence-corrected chi connectivity index (χ1v) is 11.1. The van der Waals surface area contributed by atoms with Crippen molar-refractivity contribution in [3.05, 3.63) is 35.0 Å². The molecular weight excluding hydrogens is 380 g/mol. The summed E-state index contributed by atoms with van der Waals surface area (Å²) in [5.41, 5.74) is 1.20. The highest BCUT2D eigenvalue weighted by atomic mass is 16.5. The average molecular weight is 411 g/mol. The molecule has 3 fully saturated rings. The van der Waals surface area contributed by atoms with Gasteiger partial charge in [0.2, 0.25) is 5.78 Å². The number of hydrogen-bond acceptors (Lipinski definition) is 6. The Hall–Kier alpha value is -2.05. The third-order valence-electron chi connectivity index (χ3n) is 8.15. The van der Waals surface area contributed by atoms with Gasteiger partial charge in [-0.3, -0.25) is 9.69 Å². The summed E-state index contributed by atoms with van der Waals surface area (Å²) in [6.07, 6.45) is 5.68. The summed E-state index contributed by atoms with van der Waals surface area (Å²) >= 11 is 0. The number of carbonyl (C=O) groups is 1. The lowest BCUT2D eigenvalue weighted by molar-refractivity contribution is -0.180. The van der Waals surface area contributed by atoms with Crippen LogP contribution in [0.2, 0.25) is 0 Å². The first-order chi connectivity index (χ1) is 14.4. The Labute approximate surface area is 177 Å². The number of rotatable bonds is 4. The molecule has 0 unspecified atom stereocenters. The third-order valence-corrected chi connectivity index (χ3v) is 8.15. The van der Waals surface area contributed by atoms with Crippen molar-refractivity contribution in [2.24, 2.45) is 5.92 Å². The molecule has 0 radical (unpaired) electrons. The maximum atomic E-state index is 13.6. The van der Waals surface area contributed by atoms with Gasteiger partial charge in [-0.25, -0.2) is 0 Å². The fraction of sp³-hybridized carbons (Fsp3) is 0.625. The lowest BCUT2D eigenvalue weighted by Crippen LogP contribution is -2.77. The van der Waals surface area contributed by atoms with Crippen molar-refractivity contribution < 1.29 is 19.4 Å². The normalized spacial score (nSPS) is 37.7. The Bertz CT molecular complexity index is 968. The van der Waals surface area contributed by atoms with Crippen LogP contribution in [0.5, 0.6) is 11.5 Å². The van der Waals surface area contributed by atoms with Gasteiger partial charge in [-0.2, -0.15) is 0 Å². The Balaban J connectivity index is 1.57. The lowest BCUT2D eigenvalue weighted by Gasteiger charge is -2.62. The summed E-state index contributed by atoms with van der Waals surface area (Å²) < 4.78 is 12.0. The number of nitrogens with zero attached hydrogens (tertiary/aromatic N) is 2. The van der Waals surface area contributed by atoms with E-state index in [0.29, 0.717) is 23.5 Å². The van der Waals surface area contributed by atoms with E-state index in [-0.39, 0.29) is 11.8 Å². The number of likely N-dealkylation sites (tertiary alicyclic amines) is 1. The van der Waals surface area contributed by atoms with Crippen molar-refractivity contribution in [2.75, 3.05) is 34.3 Å². The Morgan fingerprint density at radius 3 is 2.87 bits per heavy atom. The number of aliphatic hydroxyl groups is 1. The summed E-state index contributed by atoms with van der Waals surface area (Å²) in [7, 11) is 5.47. The predicted octanol–water partition coefficient (Wildman–Crippen LogP) is 1.88. The molecule has 4 atom stereocenters. The zero-order valence-corrected chi connectivity index (χ0v) is 18.0. The molecule has 2 aliphatic heterocycles. The van der Waals surface area contributed by atoms with Gasteiger partial charge in [0.05, 0.1) is 18.1 Å². The summed E-state index contributed by atoms with van der Waals surface area (Å²) in [6, 6.07) is 4.08. The van der Waals surface area contributed by atoms with E-state index in [4.69, 9.17) is 9.47 Å². The van der Waals surface area contributed by atoms with Crippen LogP contribution in [0.4, 0.5) is 0 Å². The number of methoxy groups -OCH3 is 1. The first-order valence-electron chi connectivity index (χ1n) is 11.1. The SMILES string of the molecule is COc1ccc2c3c1O[C@H]1C(=O)C(=CN(C)C)C[C@@]4(O)[C@@H](C2)N(CC2CC2)CC[C@]314. The van der Waals surface area contributed by atoms with Crippen LogP contribution < -0.4 is 9.47 Å². The van der Waals surface area contributed by atoms with Gasteiger partial charge in [0, 0.05) is 50.4 Å². The Kier molecular flexibility index (Phi) is 3.75. The number of ketones is 1. The van der Waals surface area contributed by atoms with Gasteiger partial charge in [-0.15, -0.1) is 0 Å². The van der Waals surface area contributed by atoms with E-state index in [1.54, 1.807) is 7.11 Å². The molecule has 2 saturated carbocycles. The molecule has 6 heteroatoms. The molecule has 2 heterocycles. The molecule has 2 bridgehead atoms. The average Bonchev–Trinajstić information content (AvgIpc) is 3.44. The Morgan fingerprint density at radius 2 is 2.17 bits per heavy atom. The molecule has 0 aromatic heterocycles. The molecule has 5 aliphatic rings. The van der Waals surface area contributed by atoms with E-state index in [9.17, 15) is 9.90 Å². The molecule has 3 aliphatic carbocycles. The van der Waals surface area contributed by atoms with E-state index < -0.39 is 17.1 Å². The molecule has 1 N–H and O–H groups in total. The number of benzene rings is 1. The molecule has 0 amide bonds. The quantitative estimate of drug-likeness (QED) is 0.765. The molecular formula is C24H30N2O4. The van der Waals surface area contributed by atoms with Gasteiger partial charge in [-0.1, -0.05) is 6.07 Å². The molecule has 1 spiro atoms. The van der Waals surface area contributed by atoms with E-state index >= 15 is 0 Å². The summed E-state index contributed by atoms with van der Waals surface area (Å²) in [6.45, 7) is 1.95. The highest BCUT2D eigenvalue weighted by Gasteiger charge is 2.74. The van der Waals surface area contributed by atoms with E-state index in [2.05, 4.69) is 11.0 Å².